The number of hydrogen-bond donors (Lipinski definition) is 7. The van der Waals surface area contributed by atoms with E-state index in [0.29, 0.717) is 31.2 Å². The summed E-state index contributed by atoms with van der Waals surface area (Å²) in [4.78, 5) is 14.7. The van der Waals surface area contributed by atoms with E-state index >= 15 is 0 Å². The van der Waals surface area contributed by atoms with Gasteiger partial charge in [-0.15, -0.1) is 0 Å². The van der Waals surface area contributed by atoms with Crippen LogP contribution in [0.5, 0.6) is 40.2 Å². The average Bonchev–Trinajstić information content (AvgIpc) is 3.65. The van der Waals surface area contributed by atoms with Crippen LogP contribution in [0.1, 0.15) is 96.6 Å². The molecule has 8 N–H and O–H groups in total. The van der Waals surface area contributed by atoms with Gasteiger partial charge >= 0.3 is 0 Å². The van der Waals surface area contributed by atoms with Crippen LogP contribution in [0, 0.1) is 29.6 Å². The molecule has 0 saturated heterocycles. The summed E-state index contributed by atoms with van der Waals surface area (Å²) in [7, 11) is 0. The quantitative estimate of drug-likeness (QED) is 0.0447. The lowest BCUT2D eigenvalue weighted by Crippen LogP contribution is -2.51. The molecule has 10 rings (SSSR count). The molecule has 0 unspecified atom stereocenters. The van der Waals surface area contributed by atoms with Crippen LogP contribution in [0.15, 0.2) is 103 Å². The normalized spacial score (nSPS) is 26.0. The summed E-state index contributed by atoms with van der Waals surface area (Å²) in [6, 6.07) is 31.5. The van der Waals surface area contributed by atoms with Crippen LogP contribution in [-0.2, 0) is 29.7 Å². The maximum atomic E-state index is 14.7. The summed E-state index contributed by atoms with van der Waals surface area (Å²) in [6.07, 6.45) is 6.33. The number of phenolic OH excluding ortho intramolecular Hbond substituents is 5. The molecule has 0 spiro atoms. The van der Waals surface area contributed by atoms with Crippen molar-refractivity contribution in [1.82, 2.24) is 0 Å². The predicted octanol–water partition coefficient (Wildman–Crippen LogP) is 8.87. The van der Waals surface area contributed by atoms with Crippen LogP contribution in [0.3, 0.4) is 0 Å². The number of benzene rings is 5. The molecule has 10 nitrogen and oxygen atoms in total. The number of aliphatic hydroxyl groups excluding tert-OH is 1. The number of carbonyl (C=O) groups excluding carboxylic acids is 1. The monoisotopic (exact) mass is 839 g/mol. The summed E-state index contributed by atoms with van der Waals surface area (Å²) in [5, 5.41) is 67.1. The number of rotatable bonds is 13. The zero-order chi connectivity index (χ0) is 43.1. The SMILES string of the molecule is NCOc1cc(CCC(=O)[C@@H]2C[C@@H](Cc3ccc(O)cc3)[C@H]3C[C@H]4C[C@H](C5(c6ccccc6)CCCC5)[C@H](c5cc(O)c(O)c(OCc6cccc(O)c6)c54)[C@@H]3[C@H]2O)ccc1O. The molecular weight excluding hydrogens is 783 g/mol. The summed E-state index contributed by atoms with van der Waals surface area (Å²) < 4.78 is 11.9. The Morgan fingerprint density at radius 3 is 2.24 bits per heavy atom. The molecule has 0 aliphatic heterocycles. The highest BCUT2D eigenvalue weighted by molar-refractivity contribution is 5.82. The number of aryl methyl sites for hydroxylation is 1. The third-order valence-corrected chi connectivity index (χ3v) is 15.1. The molecule has 2 bridgehead atoms. The number of ether oxygens (including phenoxy) is 2. The molecule has 0 heterocycles. The van der Waals surface area contributed by atoms with Crippen molar-refractivity contribution in [3.63, 3.8) is 0 Å². The lowest BCUT2D eigenvalue weighted by Gasteiger charge is -2.52. The summed E-state index contributed by atoms with van der Waals surface area (Å²) in [5.41, 5.74) is 11.0. The Bertz CT molecular complexity index is 2390. The molecule has 0 amide bonds. The first kappa shape index (κ1) is 41.6. The molecule has 0 radical (unpaired) electrons. The second-order valence-electron chi connectivity index (χ2n) is 18.3. The Hall–Kier alpha value is -5.71. The van der Waals surface area contributed by atoms with E-state index < -0.39 is 12.0 Å². The smallest absolute Gasteiger partial charge is 0.200 e. The zero-order valence-electron chi connectivity index (χ0n) is 34.9. The Kier molecular flexibility index (Phi) is 11.6. The molecule has 5 aromatic rings. The number of hydrogen-bond acceptors (Lipinski definition) is 10. The number of fused-ring (bicyclic) bond motifs is 1. The van der Waals surface area contributed by atoms with Gasteiger partial charge < -0.3 is 40.1 Å². The van der Waals surface area contributed by atoms with E-state index in [0.717, 1.165) is 54.4 Å². The van der Waals surface area contributed by atoms with Gasteiger partial charge in [0.15, 0.2) is 23.0 Å². The largest absolute Gasteiger partial charge is 0.508 e. The second-order valence-corrected chi connectivity index (χ2v) is 18.3. The minimum Gasteiger partial charge on any atom is -0.508 e. The maximum Gasteiger partial charge on any atom is 0.200 e. The van der Waals surface area contributed by atoms with E-state index in [1.165, 1.54) is 5.56 Å². The van der Waals surface area contributed by atoms with Crippen molar-refractivity contribution in [2.75, 3.05) is 6.73 Å². The molecule has 8 atom stereocenters. The third-order valence-electron chi connectivity index (χ3n) is 15.1. The topological polar surface area (TPSA) is 183 Å². The second kappa shape index (κ2) is 17.2. The minimum atomic E-state index is -0.987. The Balaban J connectivity index is 1.17. The number of phenols is 5. The first-order chi connectivity index (χ1) is 30.0. The predicted molar refractivity (Wildman–Crippen MR) is 235 cm³/mol. The van der Waals surface area contributed by atoms with Gasteiger partial charge in [-0.1, -0.05) is 73.5 Å². The number of Topliss-reactive ketones (excluding diaryl/α,β-unsaturated/α-hetero) is 1. The molecule has 324 valence electrons. The van der Waals surface area contributed by atoms with Gasteiger partial charge in [-0.05, 0) is 156 Å². The molecule has 5 aliphatic rings. The first-order valence-corrected chi connectivity index (χ1v) is 22.2. The first-order valence-electron chi connectivity index (χ1n) is 22.2. The fourth-order valence-corrected chi connectivity index (χ4v) is 12.5. The molecule has 3 fully saturated rings. The highest BCUT2D eigenvalue weighted by Gasteiger charge is 2.60. The van der Waals surface area contributed by atoms with Crippen LogP contribution in [0.2, 0.25) is 0 Å². The van der Waals surface area contributed by atoms with E-state index in [1.54, 1.807) is 54.6 Å². The van der Waals surface area contributed by atoms with E-state index in [1.807, 2.05) is 24.3 Å². The zero-order valence-corrected chi connectivity index (χ0v) is 34.9. The van der Waals surface area contributed by atoms with Crippen molar-refractivity contribution in [3.05, 3.63) is 137 Å². The van der Waals surface area contributed by atoms with Crippen molar-refractivity contribution in [2.45, 2.75) is 94.2 Å². The Labute approximate surface area is 362 Å². The number of aliphatic hydroxyl groups is 1. The molecule has 0 aromatic heterocycles. The highest BCUT2D eigenvalue weighted by Crippen LogP contribution is 2.68. The minimum absolute atomic E-state index is 0.00621. The highest BCUT2D eigenvalue weighted by atomic mass is 16.5. The van der Waals surface area contributed by atoms with Crippen molar-refractivity contribution in [2.24, 2.45) is 35.3 Å². The van der Waals surface area contributed by atoms with Gasteiger partial charge in [-0.2, -0.15) is 0 Å². The van der Waals surface area contributed by atoms with Crippen LogP contribution >= 0.6 is 0 Å². The molecular formula is C52H57NO9. The fraction of sp³-hybridized carbons (Fsp3) is 0.404. The van der Waals surface area contributed by atoms with Crippen LogP contribution in [0.4, 0.5) is 0 Å². The molecule has 5 aromatic carbocycles. The fourth-order valence-electron chi connectivity index (χ4n) is 12.5. The van der Waals surface area contributed by atoms with Gasteiger partial charge in [0.05, 0.1) is 6.10 Å². The summed E-state index contributed by atoms with van der Waals surface area (Å²) in [5.74, 6) is -1.28. The number of ketones is 1. The third kappa shape index (κ3) is 7.72. The van der Waals surface area contributed by atoms with E-state index in [2.05, 4.69) is 24.3 Å². The van der Waals surface area contributed by atoms with E-state index in [-0.39, 0.29) is 107 Å². The van der Waals surface area contributed by atoms with E-state index in [9.17, 15) is 35.4 Å². The Morgan fingerprint density at radius 2 is 1.50 bits per heavy atom. The van der Waals surface area contributed by atoms with Crippen LogP contribution in [-0.4, -0.2) is 49.3 Å². The van der Waals surface area contributed by atoms with Crippen molar-refractivity contribution in [1.29, 1.82) is 0 Å². The van der Waals surface area contributed by atoms with Crippen LogP contribution < -0.4 is 15.2 Å². The van der Waals surface area contributed by atoms with Crippen LogP contribution in [0.25, 0.3) is 0 Å². The van der Waals surface area contributed by atoms with Gasteiger partial charge in [-0.3, -0.25) is 10.5 Å². The average molecular weight is 840 g/mol. The van der Waals surface area contributed by atoms with Gasteiger partial charge in [0.1, 0.15) is 30.6 Å². The lowest BCUT2D eigenvalue weighted by molar-refractivity contribution is -0.136. The van der Waals surface area contributed by atoms with Crippen molar-refractivity contribution < 1.29 is 44.9 Å². The lowest BCUT2D eigenvalue weighted by atomic mass is 9.52. The molecule has 10 heteroatoms. The van der Waals surface area contributed by atoms with Gasteiger partial charge in [-0.25, -0.2) is 0 Å². The van der Waals surface area contributed by atoms with Gasteiger partial charge in [0.25, 0.3) is 0 Å². The molecule has 3 saturated carbocycles. The number of aromatic hydroxyl groups is 5. The number of nitrogens with two attached hydrogens (primary N) is 1. The van der Waals surface area contributed by atoms with Crippen molar-refractivity contribution >= 4 is 5.78 Å². The molecule has 62 heavy (non-hydrogen) atoms. The van der Waals surface area contributed by atoms with Crippen molar-refractivity contribution in [3.8, 4) is 40.2 Å². The summed E-state index contributed by atoms with van der Waals surface area (Å²) >= 11 is 0. The van der Waals surface area contributed by atoms with Gasteiger partial charge in [0.2, 0.25) is 5.75 Å². The Morgan fingerprint density at radius 1 is 0.742 bits per heavy atom. The molecule has 5 aliphatic carbocycles. The standard InChI is InChI=1S/C52H57NO9/c53-29-62-45-23-31(14-18-43(45)57)13-17-42(56)39-24-33(21-30-11-15-36(54)16-12-30)38-25-34-26-41(52(19-4-5-20-52)35-8-2-1-3-9-35)47(48(38)49(39)59)40-27-44(58)50(60)51(46(34)40)61-28-32-7-6-10-37(55)22-32/h1-3,6-12,14-16,18,22-23,27,33-34,38-39,41,47-49,54-55,57-60H,4-5,13,17,19-21,24-26,28-29,53H2/t33-,34+,38-,39+,41+,47+,48-,49+/m1/s1. The van der Waals surface area contributed by atoms with E-state index in [4.69, 9.17) is 15.2 Å². The van der Waals surface area contributed by atoms with Gasteiger partial charge in [0, 0.05) is 17.9 Å². The summed E-state index contributed by atoms with van der Waals surface area (Å²) in [6.45, 7) is -0.0431. The number of carbonyl (C=O) groups is 1. The maximum absolute atomic E-state index is 14.7.